The Morgan fingerprint density at radius 2 is 1.64 bits per heavy atom. The van der Waals surface area contributed by atoms with E-state index in [2.05, 4.69) is 31.0 Å². The van der Waals surface area contributed by atoms with E-state index in [1.165, 1.54) is 5.56 Å². The topological polar surface area (TPSA) is 32.6 Å². The van der Waals surface area contributed by atoms with Crippen molar-refractivity contribution in [3.8, 4) is 5.75 Å². The van der Waals surface area contributed by atoms with E-state index < -0.39 is 20.8 Å². The van der Waals surface area contributed by atoms with Crippen molar-refractivity contribution < 1.29 is 26.0 Å². The van der Waals surface area contributed by atoms with E-state index in [0.717, 1.165) is 11.1 Å². The number of para-hydroxylation sites is 1. The fourth-order valence-electron chi connectivity index (χ4n) is 2.32. The maximum atomic E-state index is 10.4. The zero-order valence-electron chi connectivity index (χ0n) is 12.8. The number of phenols is 1. The van der Waals surface area contributed by atoms with Crippen LogP contribution >= 0.6 is 17.0 Å². The molecule has 0 aliphatic rings. The molecule has 0 bridgehead atoms. The Hall–Kier alpha value is -0.627. The Kier molecular flexibility index (Phi) is 8.38. The Bertz CT molecular complexity index is 615. The van der Waals surface area contributed by atoms with Crippen molar-refractivity contribution in [3.63, 3.8) is 0 Å². The summed E-state index contributed by atoms with van der Waals surface area (Å²) >= 11 is -0.826. The van der Waals surface area contributed by atoms with Gasteiger partial charge in [-0.25, -0.2) is 0 Å². The minimum atomic E-state index is -0.826. The van der Waals surface area contributed by atoms with Gasteiger partial charge in [0.15, 0.2) is 0 Å². The van der Waals surface area contributed by atoms with Gasteiger partial charge in [0.25, 0.3) is 0 Å². The second-order valence-electron chi connectivity index (χ2n) is 5.19. The molecule has 2 rings (SSSR count). The molecule has 0 amide bonds. The molecule has 22 heavy (non-hydrogen) atoms. The molecular weight excluding hydrogens is 396 g/mol. The third kappa shape index (κ3) is 4.94. The first kappa shape index (κ1) is 19.4. The number of rotatable bonds is 3. The summed E-state index contributed by atoms with van der Waals surface area (Å²) in [6.45, 7) is 4.23. The second kappa shape index (κ2) is 9.50. The van der Waals surface area contributed by atoms with E-state index >= 15 is 0 Å². The fraction of sp³-hybridized carbons (Fsp3) is 0.235. The van der Waals surface area contributed by atoms with Crippen molar-refractivity contribution in [1.29, 1.82) is 0 Å². The molecule has 2 nitrogen and oxygen atoms in total. The molecule has 0 radical (unpaired) electrons. The first-order chi connectivity index (χ1) is 10.5. The first-order valence-electron chi connectivity index (χ1n) is 6.75. The van der Waals surface area contributed by atoms with Crippen LogP contribution in [-0.2, 0) is 26.3 Å². The summed E-state index contributed by atoms with van der Waals surface area (Å²) in [6.07, 6.45) is 1.68. The van der Waals surface area contributed by atoms with Gasteiger partial charge in [-0.05, 0) is 11.6 Å². The normalized spacial score (nSPS) is 11.0. The minimum absolute atomic E-state index is 0.247. The van der Waals surface area contributed by atoms with E-state index in [-0.39, 0.29) is 5.41 Å². The summed E-state index contributed by atoms with van der Waals surface area (Å²) < 4.78 is 0. The number of aromatic hydroxyl groups is 1. The number of phenolic OH excluding ortho intramolecular Hbond substituents is 1. The first-order valence-corrected chi connectivity index (χ1v) is 13.1. The zero-order chi connectivity index (χ0) is 16.6. The molecule has 0 spiro atoms. The summed E-state index contributed by atoms with van der Waals surface area (Å²) in [5, 5.41) is 10.4. The molecule has 0 fully saturated rings. The number of hydrogen-bond donors (Lipinski definition) is 1. The Labute approximate surface area is 150 Å². The van der Waals surface area contributed by atoms with Crippen LogP contribution in [-0.4, -0.2) is 18.4 Å². The average Bonchev–Trinajstić information content (AvgIpc) is 2.51. The summed E-state index contributed by atoms with van der Waals surface area (Å²) in [6, 6.07) is 16.0. The van der Waals surface area contributed by atoms with Gasteiger partial charge in [-0.2, -0.15) is 0 Å². The molecule has 0 saturated carbocycles. The monoisotopic (exact) mass is 413 g/mol. The summed E-state index contributed by atoms with van der Waals surface area (Å²) in [7, 11) is 11.6. The van der Waals surface area contributed by atoms with Crippen molar-refractivity contribution in [2.75, 3.05) is 7.05 Å². The van der Waals surface area contributed by atoms with Crippen LogP contribution in [0, 0.1) is 0 Å². The Balaban J connectivity index is 0.000000745. The average molecular weight is 415 g/mol. The van der Waals surface area contributed by atoms with Gasteiger partial charge in [-0.1, -0.05) is 56.3 Å². The fourth-order valence-corrected chi connectivity index (χ4v) is 2.32. The third-order valence-electron chi connectivity index (χ3n) is 3.50. The van der Waals surface area contributed by atoms with E-state index in [4.69, 9.17) is 17.0 Å². The van der Waals surface area contributed by atoms with Crippen LogP contribution in [0.15, 0.2) is 53.5 Å². The molecule has 0 unspecified atom stereocenters. The van der Waals surface area contributed by atoms with Crippen molar-refractivity contribution in [1.82, 2.24) is 0 Å². The molecule has 2 aromatic carbocycles. The molecule has 5 heteroatoms. The second-order valence-corrected chi connectivity index (χ2v) is 8.92. The van der Waals surface area contributed by atoms with Gasteiger partial charge < -0.3 is 5.11 Å². The molecule has 0 aliphatic heterocycles. The van der Waals surface area contributed by atoms with Gasteiger partial charge in [0.1, 0.15) is 5.75 Å². The van der Waals surface area contributed by atoms with Gasteiger partial charge >= 0.3 is 37.9 Å². The quantitative estimate of drug-likeness (QED) is 0.692. The van der Waals surface area contributed by atoms with E-state index in [0.29, 0.717) is 5.75 Å². The van der Waals surface area contributed by atoms with E-state index in [1.807, 2.05) is 36.4 Å². The van der Waals surface area contributed by atoms with Gasteiger partial charge in [0.05, 0.1) is 0 Å². The Morgan fingerprint density at radius 1 is 1.05 bits per heavy atom. The van der Waals surface area contributed by atoms with Crippen LogP contribution < -0.4 is 0 Å². The van der Waals surface area contributed by atoms with Crippen molar-refractivity contribution in [3.05, 3.63) is 65.2 Å². The Morgan fingerprint density at radius 3 is 2.18 bits per heavy atom. The SMILES string of the molecule is CN=Cc1cccc(C(C)(C)c2ccccc2)c1O.[Cl][Zr][Cl]. The van der Waals surface area contributed by atoms with Gasteiger partial charge in [0.2, 0.25) is 0 Å². The molecule has 0 aliphatic carbocycles. The third-order valence-corrected chi connectivity index (χ3v) is 3.50. The molecule has 0 heterocycles. The molecule has 0 aromatic heterocycles. The van der Waals surface area contributed by atoms with Crippen LogP contribution in [0.4, 0.5) is 0 Å². The van der Waals surface area contributed by atoms with Crippen LogP contribution in [0.3, 0.4) is 0 Å². The predicted octanol–water partition coefficient (Wildman–Crippen LogP) is 5.14. The van der Waals surface area contributed by atoms with Gasteiger partial charge in [0, 0.05) is 29.8 Å². The van der Waals surface area contributed by atoms with Gasteiger partial charge in [-0.3, -0.25) is 4.99 Å². The molecule has 116 valence electrons. The van der Waals surface area contributed by atoms with Crippen molar-refractivity contribution in [2.45, 2.75) is 19.3 Å². The molecular formula is C17H19Cl2NOZr. The standard InChI is InChI=1S/C17H19NO.2ClH.Zr/c1-17(2,14-9-5-4-6-10-14)15-11-7-8-13(12-18-3)16(15)19;;;/h4-12,19H,1-3H3;2*1H;/q;;;+2/p-2. The van der Waals surface area contributed by atoms with Crippen LogP contribution in [0.1, 0.15) is 30.5 Å². The number of aliphatic imine (C=N–C) groups is 1. The number of nitrogens with zero attached hydrogens (tertiary/aromatic N) is 1. The van der Waals surface area contributed by atoms with Crippen LogP contribution in [0.25, 0.3) is 0 Å². The van der Waals surface area contributed by atoms with Crippen LogP contribution in [0.5, 0.6) is 5.75 Å². The molecule has 0 saturated heterocycles. The molecule has 0 atom stereocenters. The maximum absolute atomic E-state index is 10.4. The molecule has 1 N–H and O–H groups in total. The van der Waals surface area contributed by atoms with Crippen molar-refractivity contribution >= 4 is 23.2 Å². The summed E-state index contributed by atoms with van der Waals surface area (Å²) in [5.74, 6) is 0.307. The number of hydrogen-bond acceptors (Lipinski definition) is 2. The number of halogens is 2. The molecule has 2 aromatic rings. The summed E-state index contributed by atoms with van der Waals surface area (Å²) in [4.78, 5) is 3.98. The van der Waals surface area contributed by atoms with E-state index in [9.17, 15) is 5.11 Å². The predicted molar refractivity (Wildman–Crippen MR) is 91.9 cm³/mol. The zero-order valence-corrected chi connectivity index (χ0v) is 16.8. The van der Waals surface area contributed by atoms with Gasteiger partial charge in [-0.15, -0.1) is 0 Å². The number of benzene rings is 2. The van der Waals surface area contributed by atoms with Crippen molar-refractivity contribution in [2.24, 2.45) is 4.99 Å². The summed E-state index contributed by atoms with van der Waals surface area (Å²) in [5.41, 5.74) is 2.60. The van der Waals surface area contributed by atoms with E-state index in [1.54, 1.807) is 13.3 Å². The van der Waals surface area contributed by atoms with Crippen LogP contribution in [0.2, 0.25) is 0 Å².